The second-order valence-corrected chi connectivity index (χ2v) is 12.4. The topological polar surface area (TPSA) is 72.9 Å². The number of rotatable bonds is 22. The molecule has 0 atom stereocenters. The van der Waals surface area contributed by atoms with E-state index in [0.717, 1.165) is 42.7 Å². The molecule has 0 saturated carbocycles. The maximum absolute atomic E-state index is 13.0. The first-order valence-corrected chi connectivity index (χ1v) is 17.1. The Hall–Kier alpha value is -2.38. The van der Waals surface area contributed by atoms with Gasteiger partial charge in [-0.2, -0.15) is 8.42 Å². The highest BCUT2D eigenvalue weighted by atomic mass is 32.2. The lowest BCUT2D eigenvalue weighted by Crippen LogP contribution is -2.30. The molecule has 0 fully saturated rings. The maximum atomic E-state index is 13.0. The highest BCUT2D eigenvalue weighted by Crippen LogP contribution is 2.23. The molecule has 0 radical (unpaired) electrons. The van der Waals surface area contributed by atoms with Gasteiger partial charge in [0.1, 0.15) is 5.75 Å². The van der Waals surface area contributed by atoms with Gasteiger partial charge in [0.25, 0.3) is 10.1 Å². The van der Waals surface area contributed by atoms with Crippen LogP contribution >= 0.6 is 0 Å². The molecule has 7 heteroatoms. The number of carbonyl (C=O) groups excluding carboxylic acids is 1. The lowest BCUT2D eigenvalue weighted by molar-refractivity contribution is -0.118. The Morgan fingerprint density at radius 2 is 1.35 bits per heavy atom. The van der Waals surface area contributed by atoms with Crippen molar-refractivity contribution in [3.63, 3.8) is 0 Å². The zero-order chi connectivity index (χ0) is 29.1. The van der Waals surface area contributed by atoms with Crippen LogP contribution in [0, 0.1) is 0 Å². The maximum Gasteiger partial charge on any atom is 0.264 e. The minimum Gasteiger partial charge on any atom is -0.494 e. The third kappa shape index (κ3) is 14.8. The van der Waals surface area contributed by atoms with Crippen LogP contribution in [0.15, 0.2) is 48.5 Å². The summed E-state index contributed by atoms with van der Waals surface area (Å²) in [5.74, 6) is 0.870. The standard InChI is InChI=1S/C33H51NO5S/c1-4-6-7-8-9-10-11-12-13-14-15-16-25-38-32-23-21-29(22-24-32)27-34(33(35)18-5-2)31-20-17-19-30(26-31)28-39-40(3,36)37/h17,19-24,26H,4-16,18,25,27-28H2,1-3H3. The molecule has 6 nitrogen and oxygen atoms in total. The Morgan fingerprint density at radius 3 is 1.93 bits per heavy atom. The van der Waals surface area contributed by atoms with Crippen molar-refractivity contribution in [2.45, 2.75) is 117 Å². The van der Waals surface area contributed by atoms with E-state index in [0.29, 0.717) is 18.5 Å². The molecule has 0 unspecified atom stereocenters. The van der Waals surface area contributed by atoms with Crippen LogP contribution in [0.3, 0.4) is 0 Å². The molecule has 0 aliphatic heterocycles. The van der Waals surface area contributed by atoms with Gasteiger partial charge in [0.2, 0.25) is 5.91 Å². The second kappa shape index (κ2) is 19.7. The van der Waals surface area contributed by atoms with Crippen molar-refractivity contribution in [2.75, 3.05) is 17.8 Å². The second-order valence-electron chi connectivity index (χ2n) is 10.7. The van der Waals surface area contributed by atoms with Crippen LogP contribution in [-0.2, 0) is 32.2 Å². The van der Waals surface area contributed by atoms with Gasteiger partial charge in [0.05, 0.1) is 26.0 Å². The van der Waals surface area contributed by atoms with Crippen LogP contribution in [0.4, 0.5) is 5.69 Å². The smallest absolute Gasteiger partial charge is 0.264 e. The van der Waals surface area contributed by atoms with Crippen LogP contribution < -0.4 is 9.64 Å². The molecule has 2 rings (SSSR count). The van der Waals surface area contributed by atoms with Gasteiger partial charge in [-0.3, -0.25) is 8.98 Å². The lowest BCUT2D eigenvalue weighted by Gasteiger charge is -2.24. The van der Waals surface area contributed by atoms with Crippen molar-refractivity contribution >= 4 is 21.7 Å². The van der Waals surface area contributed by atoms with Gasteiger partial charge >= 0.3 is 0 Å². The van der Waals surface area contributed by atoms with Crippen molar-refractivity contribution < 1.29 is 22.1 Å². The molecular formula is C33H51NO5S. The molecule has 0 saturated heterocycles. The minimum absolute atomic E-state index is 0.0241. The fourth-order valence-corrected chi connectivity index (χ4v) is 5.02. The molecule has 0 bridgehead atoms. The SMILES string of the molecule is CCCCCCCCCCCCCCOc1ccc(CN(C(=O)CCC)c2cccc(COS(C)(=O)=O)c2)cc1. The van der Waals surface area contributed by atoms with E-state index < -0.39 is 10.1 Å². The number of benzene rings is 2. The number of ether oxygens (including phenoxy) is 1. The highest BCUT2D eigenvalue weighted by molar-refractivity contribution is 7.85. The zero-order valence-electron chi connectivity index (χ0n) is 25.0. The molecule has 1 amide bonds. The number of anilines is 1. The van der Waals surface area contributed by atoms with Gasteiger partial charge in [-0.05, 0) is 48.2 Å². The highest BCUT2D eigenvalue weighted by Gasteiger charge is 2.16. The molecule has 0 aliphatic rings. The van der Waals surface area contributed by atoms with Crippen LogP contribution in [0.5, 0.6) is 5.75 Å². The van der Waals surface area contributed by atoms with Crippen LogP contribution in [0.25, 0.3) is 0 Å². The Kier molecular flexibility index (Phi) is 16.6. The average Bonchev–Trinajstić information content (AvgIpc) is 2.93. The van der Waals surface area contributed by atoms with Gasteiger partial charge in [0.15, 0.2) is 0 Å². The zero-order valence-corrected chi connectivity index (χ0v) is 25.9. The predicted molar refractivity (Wildman–Crippen MR) is 165 cm³/mol. The number of carbonyl (C=O) groups is 1. The molecular weight excluding hydrogens is 522 g/mol. The summed E-state index contributed by atoms with van der Waals surface area (Å²) in [6.07, 6.45) is 18.1. The number of hydrogen-bond acceptors (Lipinski definition) is 5. The summed E-state index contributed by atoms with van der Waals surface area (Å²) < 4.78 is 33.6. The molecule has 0 N–H and O–H groups in total. The normalized spacial score (nSPS) is 11.5. The van der Waals surface area contributed by atoms with Crippen LogP contribution in [0.2, 0.25) is 0 Å². The minimum atomic E-state index is -3.55. The summed E-state index contributed by atoms with van der Waals surface area (Å²) in [4.78, 5) is 14.7. The van der Waals surface area contributed by atoms with E-state index in [9.17, 15) is 13.2 Å². The number of nitrogens with zero attached hydrogens (tertiary/aromatic N) is 1. The number of unbranched alkanes of at least 4 members (excludes halogenated alkanes) is 11. The molecule has 224 valence electrons. The van der Waals surface area contributed by atoms with E-state index >= 15 is 0 Å². The van der Waals surface area contributed by atoms with Crippen molar-refractivity contribution in [3.8, 4) is 5.75 Å². The molecule has 0 aliphatic carbocycles. The summed E-state index contributed by atoms with van der Waals surface area (Å²) in [6, 6.07) is 15.2. The van der Waals surface area contributed by atoms with E-state index in [1.807, 2.05) is 49.4 Å². The monoisotopic (exact) mass is 573 g/mol. The van der Waals surface area contributed by atoms with Gasteiger partial charge < -0.3 is 9.64 Å². The van der Waals surface area contributed by atoms with Crippen molar-refractivity contribution in [2.24, 2.45) is 0 Å². The third-order valence-electron chi connectivity index (χ3n) is 6.96. The van der Waals surface area contributed by atoms with Crippen molar-refractivity contribution in [3.05, 3.63) is 59.7 Å². The summed E-state index contributed by atoms with van der Waals surface area (Å²) in [6.45, 7) is 5.33. The molecule has 0 spiro atoms. The first-order chi connectivity index (χ1) is 19.3. The Morgan fingerprint density at radius 1 is 0.750 bits per heavy atom. The van der Waals surface area contributed by atoms with E-state index in [2.05, 4.69) is 6.92 Å². The number of hydrogen-bond donors (Lipinski definition) is 0. The van der Waals surface area contributed by atoms with Crippen molar-refractivity contribution in [1.29, 1.82) is 0 Å². The summed E-state index contributed by atoms with van der Waals surface area (Å²) in [7, 11) is -3.55. The molecule has 2 aromatic rings. The van der Waals surface area contributed by atoms with E-state index in [-0.39, 0.29) is 12.5 Å². The molecule has 0 heterocycles. The summed E-state index contributed by atoms with van der Waals surface area (Å²) in [5.41, 5.74) is 2.42. The Balaban J connectivity index is 1.76. The van der Waals surface area contributed by atoms with Crippen molar-refractivity contribution in [1.82, 2.24) is 0 Å². The van der Waals surface area contributed by atoms with Crippen LogP contribution in [-0.4, -0.2) is 27.2 Å². The predicted octanol–water partition coefficient (Wildman–Crippen LogP) is 8.58. The fourth-order valence-electron chi connectivity index (χ4n) is 4.67. The summed E-state index contributed by atoms with van der Waals surface area (Å²) >= 11 is 0. The van der Waals surface area contributed by atoms with E-state index in [1.165, 1.54) is 70.6 Å². The Bertz CT molecular complexity index is 1070. The summed E-state index contributed by atoms with van der Waals surface area (Å²) in [5, 5.41) is 0. The lowest BCUT2D eigenvalue weighted by atomic mass is 10.1. The Labute approximate surface area is 243 Å². The first-order valence-electron chi connectivity index (χ1n) is 15.3. The molecule has 40 heavy (non-hydrogen) atoms. The van der Waals surface area contributed by atoms with Crippen LogP contribution in [0.1, 0.15) is 115 Å². The third-order valence-corrected chi connectivity index (χ3v) is 7.50. The largest absolute Gasteiger partial charge is 0.494 e. The molecule has 2 aromatic carbocycles. The van der Waals surface area contributed by atoms with Gasteiger partial charge in [-0.15, -0.1) is 0 Å². The number of amides is 1. The van der Waals surface area contributed by atoms with Gasteiger partial charge in [-0.25, -0.2) is 0 Å². The van der Waals surface area contributed by atoms with E-state index in [4.69, 9.17) is 8.92 Å². The fraction of sp³-hybridized carbons (Fsp3) is 0.606. The van der Waals surface area contributed by atoms with Gasteiger partial charge in [0, 0.05) is 12.1 Å². The average molecular weight is 574 g/mol. The quantitative estimate of drug-likeness (QED) is 0.104. The van der Waals surface area contributed by atoms with Gasteiger partial charge in [-0.1, -0.05) is 109 Å². The first kappa shape index (κ1) is 33.8. The molecule has 0 aromatic heterocycles. The van der Waals surface area contributed by atoms with E-state index in [1.54, 1.807) is 11.0 Å².